The van der Waals surface area contributed by atoms with Crippen LogP contribution in [0.15, 0.2) is 30.3 Å². The van der Waals surface area contributed by atoms with E-state index in [0.717, 1.165) is 28.3 Å². The van der Waals surface area contributed by atoms with Crippen molar-refractivity contribution in [2.45, 2.75) is 13.8 Å². The van der Waals surface area contributed by atoms with Crippen LogP contribution in [0, 0.1) is 25.2 Å². The number of nitrogens with zero attached hydrogens (tertiary/aromatic N) is 5. The van der Waals surface area contributed by atoms with Gasteiger partial charge in [0.15, 0.2) is 11.5 Å². The van der Waals surface area contributed by atoms with Gasteiger partial charge in [-0.05, 0) is 37.6 Å². The summed E-state index contributed by atoms with van der Waals surface area (Å²) in [5, 5.41) is 21.4. The van der Waals surface area contributed by atoms with Gasteiger partial charge < -0.3 is 0 Å². The first kappa shape index (κ1) is 11.4. The Morgan fingerprint density at radius 2 is 1.84 bits per heavy atom. The van der Waals surface area contributed by atoms with Gasteiger partial charge in [-0.1, -0.05) is 12.1 Å². The van der Waals surface area contributed by atoms with E-state index in [1.54, 1.807) is 16.6 Å². The summed E-state index contributed by atoms with van der Waals surface area (Å²) in [4.78, 5) is 0. The molecule has 0 fully saturated rings. The molecule has 0 aliphatic rings. The number of fused-ring (bicyclic) bond motifs is 1. The minimum atomic E-state index is 0.642. The molecule has 3 aromatic rings. The van der Waals surface area contributed by atoms with Crippen molar-refractivity contribution in [3.63, 3.8) is 0 Å². The molecule has 0 unspecified atom stereocenters. The zero-order valence-electron chi connectivity index (χ0n) is 10.6. The van der Waals surface area contributed by atoms with E-state index in [1.165, 1.54) is 0 Å². The van der Waals surface area contributed by atoms with Crippen LogP contribution in [0.4, 0.5) is 0 Å². The number of nitriles is 1. The minimum Gasteiger partial charge on any atom is -0.197 e. The highest BCUT2D eigenvalue weighted by atomic mass is 15.4. The number of hydrogen-bond donors (Lipinski definition) is 0. The Labute approximate surface area is 110 Å². The van der Waals surface area contributed by atoms with E-state index in [9.17, 15) is 0 Å². The van der Waals surface area contributed by atoms with E-state index in [4.69, 9.17) is 5.26 Å². The predicted molar refractivity (Wildman–Crippen MR) is 70.4 cm³/mol. The smallest absolute Gasteiger partial charge is 0.178 e. The van der Waals surface area contributed by atoms with Crippen LogP contribution in [0.2, 0.25) is 0 Å². The Morgan fingerprint density at radius 3 is 2.53 bits per heavy atom. The van der Waals surface area contributed by atoms with Gasteiger partial charge in [-0.3, -0.25) is 0 Å². The van der Waals surface area contributed by atoms with E-state index in [1.807, 2.05) is 32.0 Å². The average molecular weight is 249 g/mol. The fraction of sp³-hybridized carbons (Fsp3) is 0.143. The SMILES string of the molecule is Cc1cc2nnc(C)n2nc1-c1ccc(C#N)cc1. The summed E-state index contributed by atoms with van der Waals surface area (Å²) < 4.78 is 1.72. The lowest BCUT2D eigenvalue weighted by atomic mass is 10.1. The van der Waals surface area contributed by atoms with Crippen LogP contribution < -0.4 is 0 Å². The Morgan fingerprint density at radius 1 is 1.11 bits per heavy atom. The van der Waals surface area contributed by atoms with Gasteiger partial charge in [0, 0.05) is 5.56 Å². The lowest BCUT2D eigenvalue weighted by molar-refractivity contribution is 0.875. The van der Waals surface area contributed by atoms with Crippen LogP contribution >= 0.6 is 0 Å². The molecule has 1 aromatic carbocycles. The Balaban J connectivity index is 2.20. The Hall–Kier alpha value is -2.74. The molecule has 0 bridgehead atoms. The van der Waals surface area contributed by atoms with Crippen molar-refractivity contribution < 1.29 is 0 Å². The van der Waals surface area contributed by atoms with Crippen molar-refractivity contribution in [2.75, 3.05) is 0 Å². The lowest BCUT2D eigenvalue weighted by Gasteiger charge is -2.06. The van der Waals surface area contributed by atoms with Crippen molar-refractivity contribution in [2.24, 2.45) is 0 Å². The van der Waals surface area contributed by atoms with Crippen molar-refractivity contribution in [3.05, 3.63) is 47.3 Å². The van der Waals surface area contributed by atoms with Crippen LogP contribution in [-0.2, 0) is 0 Å². The first-order chi connectivity index (χ1) is 9.19. The maximum atomic E-state index is 8.82. The number of aromatic nitrogens is 4. The molecule has 5 heteroatoms. The maximum absolute atomic E-state index is 8.82. The number of benzene rings is 1. The number of aryl methyl sites for hydroxylation is 2. The van der Waals surface area contributed by atoms with Crippen molar-refractivity contribution in [1.82, 2.24) is 19.8 Å². The molecule has 2 heterocycles. The van der Waals surface area contributed by atoms with E-state index in [2.05, 4.69) is 21.4 Å². The first-order valence-corrected chi connectivity index (χ1v) is 5.89. The Bertz CT molecular complexity index is 793. The van der Waals surface area contributed by atoms with Gasteiger partial charge in [-0.2, -0.15) is 14.9 Å². The summed E-state index contributed by atoms with van der Waals surface area (Å²) in [6.07, 6.45) is 0. The topological polar surface area (TPSA) is 66.9 Å². The summed E-state index contributed by atoms with van der Waals surface area (Å²) in [6, 6.07) is 11.5. The normalized spacial score (nSPS) is 10.6. The van der Waals surface area contributed by atoms with Gasteiger partial charge in [0.25, 0.3) is 0 Å². The number of rotatable bonds is 1. The molecule has 3 rings (SSSR count). The zero-order chi connectivity index (χ0) is 13.4. The van der Waals surface area contributed by atoms with Crippen LogP contribution in [0.1, 0.15) is 17.0 Å². The largest absolute Gasteiger partial charge is 0.197 e. The first-order valence-electron chi connectivity index (χ1n) is 5.89. The van der Waals surface area contributed by atoms with E-state index in [0.29, 0.717) is 5.56 Å². The third-order valence-electron chi connectivity index (χ3n) is 3.03. The molecule has 0 aliphatic heterocycles. The molecule has 0 saturated heterocycles. The molecule has 92 valence electrons. The second-order valence-corrected chi connectivity index (χ2v) is 4.38. The zero-order valence-corrected chi connectivity index (χ0v) is 10.6. The highest BCUT2D eigenvalue weighted by Crippen LogP contribution is 2.22. The summed E-state index contributed by atoms with van der Waals surface area (Å²) in [7, 11) is 0. The second-order valence-electron chi connectivity index (χ2n) is 4.38. The van der Waals surface area contributed by atoms with Crippen molar-refractivity contribution in [1.29, 1.82) is 5.26 Å². The molecule has 0 N–H and O–H groups in total. The highest BCUT2D eigenvalue weighted by Gasteiger charge is 2.09. The molecule has 5 nitrogen and oxygen atoms in total. The fourth-order valence-electron chi connectivity index (χ4n) is 2.02. The molecular weight excluding hydrogens is 238 g/mol. The second kappa shape index (κ2) is 4.18. The van der Waals surface area contributed by atoms with Crippen molar-refractivity contribution >= 4 is 5.65 Å². The van der Waals surface area contributed by atoms with Gasteiger partial charge in [-0.15, -0.1) is 10.2 Å². The number of hydrogen-bond acceptors (Lipinski definition) is 4. The van der Waals surface area contributed by atoms with Gasteiger partial charge in [-0.25, -0.2) is 0 Å². The molecule has 2 aromatic heterocycles. The van der Waals surface area contributed by atoms with E-state index >= 15 is 0 Å². The monoisotopic (exact) mass is 249 g/mol. The van der Waals surface area contributed by atoms with Gasteiger partial charge in [0.2, 0.25) is 0 Å². The average Bonchev–Trinajstić information content (AvgIpc) is 2.79. The predicted octanol–water partition coefficient (Wildman–Crippen LogP) is 2.28. The van der Waals surface area contributed by atoms with E-state index in [-0.39, 0.29) is 0 Å². The molecule has 0 spiro atoms. The summed E-state index contributed by atoms with van der Waals surface area (Å²) >= 11 is 0. The molecule has 0 amide bonds. The maximum Gasteiger partial charge on any atom is 0.178 e. The highest BCUT2D eigenvalue weighted by molar-refractivity contribution is 5.65. The summed E-state index contributed by atoms with van der Waals surface area (Å²) in [6.45, 7) is 3.86. The van der Waals surface area contributed by atoms with Gasteiger partial charge >= 0.3 is 0 Å². The molecular formula is C14H11N5. The van der Waals surface area contributed by atoms with Crippen LogP contribution in [0.5, 0.6) is 0 Å². The Kier molecular flexibility index (Phi) is 2.50. The third-order valence-corrected chi connectivity index (χ3v) is 3.03. The molecule has 0 atom stereocenters. The van der Waals surface area contributed by atoms with Gasteiger partial charge in [0.1, 0.15) is 0 Å². The third kappa shape index (κ3) is 1.83. The van der Waals surface area contributed by atoms with Crippen molar-refractivity contribution in [3.8, 4) is 17.3 Å². The minimum absolute atomic E-state index is 0.642. The molecule has 0 radical (unpaired) electrons. The molecule has 19 heavy (non-hydrogen) atoms. The quantitative estimate of drug-likeness (QED) is 0.663. The van der Waals surface area contributed by atoms with Crippen LogP contribution in [0.3, 0.4) is 0 Å². The van der Waals surface area contributed by atoms with Gasteiger partial charge in [0.05, 0.1) is 17.3 Å². The molecule has 0 saturated carbocycles. The lowest BCUT2D eigenvalue weighted by Crippen LogP contribution is -1.99. The van der Waals surface area contributed by atoms with Crippen LogP contribution in [0.25, 0.3) is 16.9 Å². The van der Waals surface area contributed by atoms with Crippen LogP contribution in [-0.4, -0.2) is 19.8 Å². The van der Waals surface area contributed by atoms with E-state index < -0.39 is 0 Å². The standard InChI is InChI=1S/C14H11N5/c1-9-7-13-17-16-10(2)19(13)18-14(9)12-5-3-11(8-15)4-6-12/h3-7H,1-2H3. The molecule has 0 aliphatic carbocycles. The summed E-state index contributed by atoms with van der Waals surface area (Å²) in [5.74, 6) is 0.755. The summed E-state index contributed by atoms with van der Waals surface area (Å²) in [5.41, 5.74) is 4.27. The fourth-order valence-corrected chi connectivity index (χ4v) is 2.02.